The summed E-state index contributed by atoms with van der Waals surface area (Å²) in [5.74, 6) is 1.31. The van der Waals surface area contributed by atoms with Gasteiger partial charge in [-0.25, -0.2) is 9.67 Å². The van der Waals surface area contributed by atoms with Crippen molar-refractivity contribution >= 4 is 11.0 Å². The van der Waals surface area contributed by atoms with Gasteiger partial charge < -0.3 is 9.30 Å². The number of nitrogens with zero attached hydrogens (tertiary/aromatic N) is 4. The minimum Gasteiger partial charge on any atom is -0.478 e. The second-order valence-electron chi connectivity index (χ2n) is 3.97. The van der Waals surface area contributed by atoms with Gasteiger partial charge in [0.15, 0.2) is 5.52 Å². The summed E-state index contributed by atoms with van der Waals surface area (Å²) in [7, 11) is 5.02. The quantitative estimate of drug-likeness (QED) is 0.784. The minimum absolute atomic E-state index is 0.196. The van der Waals surface area contributed by atoms with Crippen molar-refractivity contribution in [2.24, 2.45) is 14.1 Å². The first-order valence-electron chi connectivity index (χ1n) is 5.56. The molecule has 2 aromatic rings. The van der Waals surface area contributed by atoms with E-state index in [1.807, 2.05) is 11.6 Å². The zero-order valence-electron chi connectivity index (χ0n) is 10.5. The number of methoxy groups -OCH3 is 1. The summed E-state index contributed by atoms with van der Waals surface area (Å²) in [4.78, 5) is 16.3. The van der Waals surface area contributed by atoms with Crippen molar-refractivity contribution in [3.05, 3.63) is 16.2 Å². The number of ether oxygens (including phenoxy) is 1. The lowest BCUT2D eigenvalue weighted by Crippen LogP contribution is -2.20. The van der Waals surface area contributed by atoms with Gasteiger partial charge in [0, 0.05) is 20.5 Å². The van der Waals surface area contributed by atoms with Crippen molar-refractivity contribution < 1.29 is 4.74 Å². The first-order chi connectivity index (χ1) is 8.10. The van der Waals surface area contributed by atoms with Crippen LogP contribution in [0, 0.1) is 0 Å². The Morgan fingerprint density at radius 2 is 2.06 bits per heavy atom. The largest absolute Gasteiger partial charge is 0.478 e. The number of aryl methyl sites for hydroxylation is 3. The third kappa shape index (κ3) is 1.69. The molecule has 0 fully saturated rings. The van der Waals surface area contributed by atoms with Crippen LogP contribution in [0.5, 0.6) is 5.88 Å². The van der Waals surface area contributed by atoms with Crippen LogP contribution in [0.3, 0.4) is 0 Å². The molecule has 2 heterocycles. The number of imidazole rings is 1. The first-order valence-corrected chi connectivity index (χ1v) is 5.56. The third-order valence-corrected chi connectivity index (χ3v) is 2.79. The molecule has 0 amide bonds. The molecule has 2 aromatic heterocycles. The van der Waals surface area contributed by atoms with E-state index in [0.717, 1.165) is 18.7 Å². The molecular formula is C11H16N4O2. The maximum absolute atomic E-state index is 11.9. The molecule has 0 radical (unpaired) electrons. The van der Waals surface area contributed by atoms with Gasteiger partial charge in [-0.1, -0.05) is 6.92 Å². The molecule has 2 rings (SSSR count). The number of aromatic nitrogens is 4. The molecule has 0 aromatic carbocycles. The van der Waals surface area contributed by atoms with Crippen molar-refractivity contribution in [2.75, 3.05) is 7.11 Å². The van der Waals surface area contributed by atoms with Crippen LogP contribution in [0.15, 0.2) is 4.79 Å². The highest BCUT2D eigenvalue weighted by Gasteiger charge is 2.17. The smallest absolute Gasteiger partial charge is 0.294 e. The average molecular weight is 236 g/mol. The molecule has 0 aliphatic carbocycles. The van der Waals surface area contributed by atoms with Crippen LogP contribution in [0.1, 0.15) is 19.2 Å². The van der Waals surface area contributed by atoms with Crippen LogP contribution in [0.25, 0.3) is 11.0 Å². The lowest BCUT2D eigenvalue weighted by Gasteiger charge is -2.05. The molecule has 17 heavy (non-hydrogen) atoms. The fourth-order valence-electron chi connectivity index (χ4n) is 1.91. The van der Waals surface area contributed by atoms with Gasteiger partial charge in [0.25, 0.3) is 11.4 Å². The van der Waals surface area contributed by atoms with E-state index < -0.39 is 0 Å². The average Bonchev–Trinajstić information content (AvgIpc) is 2.63. The molecule has 0 aliphatic heterocycles. The van der Waals surface area contributed by atoms with Crippen LogP contribution < -0.4 is 10.3 Å². The SMILES string of the molecule is CCCc1nc2c(=O)n(C)nc(OC)c2n1C. The molecule has 0 N–H and O–H groups in total. The Hall–Kier alpha value is -1.85. The van der Waals surface area contributed by atoms with Crippen molar-refractivity contribution in [2.45, 2.75) is 19.8 Å². The predicted octanol–water partition coefficient (Wildman–Crippen LogP) is 0.628. The highest BCUT2D eigenvalue weighted by Crippen LogP contribution is 2.20. The van der Waals surface area contributed by atoms with Gasteiger partial charge in [0.1, 0.15) is 11.3 Å². The Labute approximate surface area is 98.8 Å². The van der Waals surface area contributed by atoms with Gasteiger partial charge in [0.05, 0.1) is 7.11 Å². The highest BCUT2D eigenvalue weighted by atomic mass is 16.5. The van der Waals surface area contributed by atoms with Crippen molar-refractivity contribution in [1.82, 2.24) is 19.3 Å². The molecule has 0 bridgehead atoms. The van der Waals surface area contributed by atoms with Gasteiger partial charge in [-0.05, 0) is 6.42 Å². The normalized spacial score (nSPS) is 11.1. The molecule has 92 valence electrons. The van der Waals surface area contributed by atoms with Crippen LogP contribution in [0.2, 0.25) is 0 Å². The maximum atomic E-state index is 11.9. The minimum atomic E-state index is -0.196. The van der Waals surface area contributed by atoms with E-state index in [1.165, 1.54) is 4.68 Å². The number of rotatable bonds is 3. The Morgan fingerprint density at radius 1 is 1.35 bits per heavy atom. The Morgan fingerprint density at radius 3 is 2.65 bits per heavy atom. The molecule has 6 heteroatoms. The van der Waals surface area contributed by atoms with Crippen molar-refractivity contribution in [3.8, 4) is 5.88 Å². The predicted molar refractivity (Wildman–Crippen MR) is 64.3 cm³/mol. The molecule has 0 saturated carbocycles. The van der Waals surface area contributed by atoms with Gasteiger partial charge in [-0.2, -0.15) is 0 Å². The molecule has 0 spiro atoms. The maximum Gasteiger partial charge on any atom is 0.294 e. The fraction of sp³-hybridized carbons (Fsp3) is 0.545. The van der Waals surface area contributed by atoms with E-state index in [-0.39, 0.29) is 5.56 Å². The van der Waals surface area contributed by atoms with Crippen LogP contribution in [0.4, 0.5) is 0 Å². The highest BCUT2D eigenvalue weighted by molar-refractivity contribution is 5.79. The van der Waals surface area contributed by atoms with E-state index in [9.17, 15) is 4.79 Å². The first kappa shape index (κ1) is 11.6. The monoisotopic (exact) mass is 236 g/mol. The lowest BCUT2D eigenvalue weighted by molar-refractivity contribution is 0.386. The Bertz CT molecular complexity index is 612. The van der Waals surface area contributed by atoms with E-state index in [2.05, 4.69) is 17.0 Å². The zero-order chi connectivity index (χ0) is 12.6. The summed E-state index contributed by atoms with van der Waals surface area (Å²) in [6.07, 6.45) is 1.81. The topological polar surface area (TPSA) is 61.9 Å². The van der Waals surface area contributed by atoms with E-state index in [4.69, 9.17) is 4.74 Å². The lowest BCUT2D eigenvalue weighted by atomic mass is 10.3. The summed E-state index contributed by atoms with van der Waals surface area (Å²) < 4.78 is 8.34. The number of hydrogen-bond donors (Lipinski definition) is 0. The van der Waals surface area contributed by atoms with E-state index in [1.54, 1.807) is 14.2 Å². The summed E-state index contributed by atoms with van der Waals surface area (Å²) in [6.45, 7) is 2.08. The number of hydrogen-bond acceptors (Lipinski definition) is 4. The molecular weight excluding hydrogens is 220 g/mol. The molecule has 6 nitrogen and oxygen atoms in total. The Balaban J connectivity index is 2.84. The summed E-state index contributed by atoms with van der Waals surface area (Å²) in [5.41, 5.74) is 0.892. The second kappa shape index (κ2) is 4.20. The summed E-state index contributed by atoms with van der Waals surface area (Å²) in [6, 6.07) is 0. The van der Waals surface area contributed by atoms with Crippen LogP contribution in [-0.4, -0.2) is 26.4 Å². The van der Waals surface area contributed by atoms with Gasteiger partial charge in [-0.15, -0.1) is 5.10 Å². The summed E-state index contributed by atoms with van der Waals surface area (Å²) in [5, 5.41) is 4.07. The Kier molecular flexibility index (Phi) is 2.87. The zero-order valence-corrected chi connectivity index (χ0v) is 10.5. The number of fused-ring (bicyclic) bond motifs is 1. The van der Waals surface area contributed by atoms with E-state index in [0.29, 0.717) is 16.9 Å². The fourth-order valence-corrected chi connectivity index (χ4v) is 1.91. The van der Waals surface area contributed by atoms with Gasteiger partial charge >= 0.3 is 0 Å². The van der Waals surface area contributed by atoms with Crippen molar-refractivity contribution in [1.29, 1.82) is 0 Å². The van der Waals surface area contributed by atoms with Gasteiger partial charge in [-0.3, -0.25) is 4.79 Å². The third-order valence-electron chi connectivity index (χ3n) is 2.79. The summed E-state index contributed by atoms with van der Waals surface area (Å²) >= 11 is 0. The van der Waals surface area contributed by atoms with E-state index >= 15 is 0 Å². The molecule has 0 unspecified atom stereocenters. The van der Waals surface area contributed by atoms with Crippen molar-refractivity contribution in [3.63, 3.8) is 0 Å². The van der Waals surface area contributed by atoms with Crippen LogP contribution in [-0.2, 0) is 20.5 Å². The van der Waals surface area contributed by atoms with Gasteiger partial charge in [0.2, 0.25) is 0 Å². The standard InChI is InChI=1S/C11H16N4O2/c1-5-6-7-12-8-9(14(7)2)10(17-4)13-15(3)11(8)16/h5-6H2,1-4H3. The molecule has 0 aliphatic rings. The molecule has 0 saturated heterocycles. The molecule has 0 atom stereocenters. The van der Waals surface area contributed by atoms with Crippen LogP contribution >= 0.6 is 0 Å². The second-order valence-corrected chi connectivity index (χ2v) is 3.97.